The monoisotopic (exact) mass is 285 g/mol. The molecule has 0 bridgehead atoms. The zero-order valence-corrected chi connectivity index (χ0v) is 14.2. The van der Waals surface area contributed by atoms with E-state index in [9.17, 15) is 4.79 Å². The van der Waals surface area contributed by atoms with E-state index >= 15 is 0 Å². The number of rotatable bonds is 12. The highest BCUT2D eigenvalue weighted by atomic mass is 16.1. The van der Waals surface area contributed by atoms with Crippen LogP contribution in [0.1, 0.15) is 66.7 Å². The predicted octanol–water partition coefficient (Wildman–Crippen LogP) is 2.52. The second-order valence-corrected chi connectivity index (χ2v) is 6.02. The van der Waals surface area contributed by atoms with E-state index in [2.05, 4.69) is 31.0 Å². The van der Waals surface area contributed by atoms with Crippen LogP contribution in [0.2, 0.25) is 0 Å². The van der Waals surface area contributed by atoms with Crippen LogP contribution in [-0.4, -0.2) is 42.0 Å². The molecule has 0 aliphatic rings. The second kappa shape index (κ2) is 10.2. The number of nitrogens with one attached hydrogen (secondary N) is 1. The number of nitrogens with zero attached hydrogens (tertiary/aromatic N) is 1. The standard InChI is InChI=1S/C16H35N3O/c1-6-9-11-19(12-10-7-2)14(4)13-16(5,15(17)20)18-8-3/h14,18H,6-13H2,1-5H3,(H2,17,20). The molecule has 0 heterocycles. The number of likely N-dealkylation sites (N-methyl/N-ethyl adjacent to an activating group) is 1. The molecule has 120 valence electrons. The molecule has 0 radical (unpaired) electrons. The number of carbonyl (C=O) groups is 1. The Labute approximate surface area is 125 Å². The molecule has 4 heteroatoms. The highest BCUT2D eigenvalue weighted by Gasteiger charge is 2.33. The molecule has 0 aliphatic heterocycles. The van der Waals surface area contributed by atoms with E-state index in [4.69, 9.17) is 5.73 Å². The number of unbranched alkanes of at least 4 members (excludes halogenated alkanes) is 2. The first-order chi connectivity index (χ1) is 9.41. The minimum absolute atomic E-state index is 0.253. The van der Waals surface area contributed by atoms with Gasteiger partial charge in [0.2, 0.25) is 5.91 Å². The molecule has 0 rings (SSSR count). The molecule has 0 saturated heterocycles. The lowest BCUT2D eigenvalue weighted by Crippen LogP contribution is -2.56. The molecule has 2 unspecified atom stereocenters. The SMILES string of the molecule is CCCCN(CCCC)C(C)CC(C)(NCC)C(N)=O. The van der Waals surface area contributed by atoms with Gasteiger partial charge in [0.15, 0.2) is 0 Å². The van der Waals surface area contributed by atoms with E-state index in [-0.39, 0.29) is 5.91 Å². The van der Waals surface area contributed by atoms with E-state index in [0.29, 0.717) is 6.04 Å². The van der Waals surface area contributed by atoms with Crippen molar-refractivity contribution in [3.8, 4) is 0 Å². The van der Waals surface area contributed by atoms with Crippen molar-refractivity contribution in [2.24, 2.45) is 5.73 Å². The fraction of sp³-hybridized carbons (Fsp3) is 0.938. The van der Waals surface area contributed by atoms with Gasteiger partial charge in [-0.3, -0.25) is 4.79 Å². The van der Waals surface area contributed by atoms with Crippen LogP contribution in [0.4, 0.5) is 0 Å². The van der Waals surface area contributed by atoms with E-state index in [0.717, 1.165) is 26.1 Å². The Bertz CT molecular complexity index is 262. The van der Waals surface area contributed by atoms with Gasteiger partial charge in [-0.2, -0.15) is 0 Å². The number of hydrogen-bond acceptors (Lipinski definition) is 3. The van der Waals surface area contributed by atoms with Crippen molar-refractivity contribution in [2.75, 3.05) is 19.6 Å². The maximum absolute atomic E-state index is 11.7. The van der Waals surface area contributed by atoms with Crippen LogP contribution in [0.3, 0.4) is 0 Å². The Morgan fingerprint density at radius 1 is 1.20 bits per heavy atom. The first-order valence-electron chi connectivity index (χ1n) is 8.20. The summed E-state index contributed by atoms with van der Waals surface area (Å²) in [7, 11) is 0. The molecule has 0 saturated carbocycles. The van der Waals surface area contributed by atoms with Gasteiger partial charge in [-0.05, 0) is 52.7 Å². The van der Waals surface area contributed by atoms with Gasteiger partial charge < -0.3 is 16.0 Å². The predicted molar refractivity (Wildman–Crippen MR) is 86.7 cm³/mol. The largest absolute Gasteiger partial charge is 0.368 e. The first kappa shape index (κ1) is 19.4. The average Bonchev–Trinajstić information content (AvgIpc) is 2.38. The molecule has 1 amide bonds. The third-order valence-electron chi connectivity index (χ3n) is 4.04. The maximum Gasteiger partial charge on any atom is 0.237 e. The molecule has 0 aromatic rings. The molecule has 0 spiro atoms. The van der Waals surface area contributed by atoms with Crippen molar-refractivity contribution in [3.63, 3.8) is 0 Å². The van der Waals surface area contributed by atoms with Crippen molar-refractivity contribution >= 4 is 5.91 Å². The van der Waals surface area contributed by atoms with E-state index in [1.54, 1.807) is 0 Å². The number of nitrogens with two attached hydrogens (primary N) is 1. The molecule has 0 fully saturated rings. The summed E-state index contributed by atoms with van der Waals surface area (Å²) in [5.41, 5.74) is 4.98. The molecule has 4 nitrogen and oxygen atoms in total. The van der Waals surface area contributed by atoms with Crippen molar-refractivity contribution in [2.45, 2.75) is 78.3 Å². The Kier molecular flexibility index (Phi) is 9.86. The number of hydrogen-bond donors (Lipinski definition) is 2. The molecule has 0 aromatic heterocycles. The van der Waals surface area contributed by atoms with E-state index < -0.39 is 5.54 Å². The summed E-state index contributed by atoms with van der Waals surface area (Å²) in [6.45, 7) is 13.6. The van der Waals surface area contributed by atoms with Gasteiger partial charge in [-0.1, -0.05) is 33.6 Å². The summed E-state index contributed by atoms with van der Waals surface area (Å²) in [5, 5.41) is 3.26. The summed E-state index contributed by atoms with van der Waals surface area (Å²) in [5.74, 6) is -0.253. The number of carbonyl (C=O) groups excluding carboxylic acids is 1. The van der Waals surface area contributed by atoms with Crippen molar-refractivity contribution in [1.29, 1.82) is 0 Å². The number of primary amides is 1. The third-order valence-corrected chi connectivity index (χ3v) is 4.04. The minimum Gasteiger partial charge on any atom is -0.368 e. The average molecular weight is 285 g/mol. The van der Waals surface area contributed by atoms with Crippen LogP contribution in [0.25, 0.3) is 0 Å². The van der Waals surface area contributed by atoms with Crippen molar-refractivity contribution in [1.82, 2.24) is 10.2 Å². The van der Waals surface area contributed by atoms with Gasteiger partial charge in [0.25, 0.3) is 0 Å². The summed E-state index contributed by atoms with van der Waals surface area (Å²) in [6.07, 6.45) is 5.60. The molecule has 3 N–H and O–H groups in total. The van der Waals surface area contributed by atoms with Crippen LogP contribution in [-0.2, 0) is 4.79 Å². The molecular formula is C16H35N3O. The van der Waals surface area contributed by atoms with Crippen LogP contribution >= 0.6 is 0 Å². The van der Waals surface area contributed by atoms with Gasteiger partial charge in [0.05, 0.1) is 5.54 Å². The summed E-state index contributed by atoms with van der Waals surface area (Å²) in [6, 6.07) is 0.365. The Morgan fingerprint density at radius 3 is 2.05 bits per heavy atom. The highest BCUT2D eigenvalue weighted by molar-refractivity contribution is 5.84. The summed E-state index contributed by atoms with van der Waals surface area (Å²) < 4.78 is 0. The Morgan fingerprint density at radius 2 is 1.70 bits per heavy atom. The van der Waals surface area contributed by atoms with Crippen LogP contribution in [0, 0.1) is 0 Å². The van der Waals surface area contributed by atoms with Gasteiger partial charge in [-0.25, -0.2) is 0 Å². The maximum atomic E-state index is 11.7. The quantitative estimate of drug-likeness (QED) is 0.579. The Balaban J connectivity index is 4.67. The fourth-order valence-corrected chi connectivity index (χ4v) is 2.64. The second-order valence-electron chi connectivity index (χ2n) is 6.02. The van der Waals surface area contributed by atoms with Crippen molar-refractivity contribution < 1.29 is 4.79 Å². The highest BCUT2D eigenvalue weighted by Crippen LogP contribution is 2.17. The molecular weight excluding hydrogens is 250 g/mol. The third kappa shape index (κ3) is 6.71. The lowest BCUT2D eigenvalue weighted by Gasteiger charge is -2.36. The zero-order chi connectivity index (χ0) is 15.6. The zero-order valence-electron chi connectivity index (χ0n) is 14.2. The molecule has 20 heavy (non-hydrogen) atoms. The topological polar surface area (TPSA) is 58.4 Å². The first-order valence-corrected chi connectivity index (χ1v) is 8.20. The Hall–Kier alpha value is -0.610. The van der Waals surface area contributed by atoms with Gasteiger partial charge >= 0.3 is 0 Å². The van der Waals surface area contributed by atoms with Crippen LogP contribution < -0.4 is 11.1 Å². The minimum atomic E-state index is -0.606. The lowest BCUT2D eigenvalue weighted by atomic mass is 9.91. The lowest BCUT2D eigenvalue weighted by molar-refractivity contribution is -0.124. The van der Waals surface area contributed by atoms with Crippen molar-refractivity contribution in [3.05, 3.63) is 0 Å². The molecule has 0 aliphatic carbocycles. The molecule has 0 aromatic carbocycles. The van der Waals surface area contributed by atoms with Gasteiger partial charge in [-0.15, -0.1) is 0 Å². The number of amides is 1. The fourth-order valence-electron chi connectivity index (χ4n) is 2.64. The normalized spacial score (nSPS) is 16.1. The summed E-state index contributed by atoms with van der Waals surface area (Å²) in [4.78, 5) is 14.2. The smallest absolute Gasteiger partial charge is 0.237 e. The van der Waals surface area contributed by atoms with E-state index in [1.165, 1.54) is 25.7 Å². The van der Waals surface area contributed by atoms with Crippen LogP contribution in [0.5, 0.6) is 0 Å². The van der Waals surface area contributed by atoms with Crippen LogP contribution in [0.15, 0.2) is 0 Å². The van der Waals surface area contributed by atoms with Gasteiger partial charge in [0, 0.05) is 6.04 Å². The molecule has 2 atom stereocenters. The van der Waals surface area contributed by atoms with Gasteiger partial charge in [0.1, 0.15) is 0 Å². The van der Waals surface area contributed by atoms with E-state index in [1.807, 2.05) is 13.8 Å². The summed E-state index contributed by atoms with van der Waals surface area (Å²) >= 11 is 0.